The number of ketones is 1. The molecule has 0 bridgehead atoms. The number of hydrogen-bond acceptors (Lipinski definition) is 3. The van der Waals surface area contributed by atoms with Gasteiger partial charge >= 0.3 is 0 Å². The maximum atomic E-state index is 12.3. The Morgan fingerprint density at radius 3 is 2.59 bits per heavy atom. The standard InChI is InChI=1S/C17H22ClNO3/c1-11(17(21)13-3-5-15(18)6-4-13)9-16(20)19-12(2)14-7-8-22-10-14/h3-6,11-12,14H,7-10H2,1-2H3,(H,19,20)/t11-,12-,14+/m1/s1. The smallest absolute Gasteiger partial charge is 0.220 e. The van der Waals surface area contributed by atoms with Crippen molar-refractivity contribution in [3.8, 4) is 0 Å². The Kier molecular flexibility index (Phi) is 5.98. The van der Waals surface area contributed by atoms with E-state index in [1.54, 1.807) is 31.2 Å². The van der Waals surface area contributed by atoms with Crippen molar-refractivity contribution in [2.75, 3.05) is 13.2 Å². The molecule has 3 atom stereocenters. The number of Topliss-reactive ketones (excluding diaryl/α,β-unsaturated/α-hetero) is 1. The number of rotatable bonds is 6. The van der Waals surface area contributed by atoms with Crippen LogP contribution in [0.1, 0.15) is 37.0 Å². The second-order valence-electron chi connectivity index (χ2n) is 5.96. The number of carbonyl (C=O) groups is 2. The highest BCUT2D eigenvalue weighted by molar-refractivity contribution is 6.30. The molecule has 1 aromatic rings. The average molecular weight is 324 g/mol. The molecule has 0 aromatic heterocycles. The first-order valence-corrected chi connectivity index (χ1v) is 8.02. The minimum atomic E-state index is -0.354. The zero-order valence-electron chi connectivity index (χ0n) is 13.0. The van der Waals surface area contributed by atoms with Crippen LogP contribution in [0.5, 0.6) is 0 Å². The molecule has 0 aliphatic carbocycles. The highest BCUT2D eigenvalue weighted by Gasteiger charge is 2.25. The molecule has 0 spiro atoms. The lowest BCUT2D eigenvalue weighted by molar-refractivity contribution is -0.122. The SMILES string of the molecule is C[C@H](CC(=O)N[C@H](C)[C@H]1CCOC1)C(=O)c1ccc(Cl)cc1. The second kappa shape index (κ2) is 7.75. The normalized spacial score (nSPS) is 20.4. The van der Waals surface area contributed by atoms with Gasteiger partial charge in [-0.05, 0) is 37.6 Å². The molecule has 2 rings (SSSR count). The lowest BCUT2D eigenvalue weighted by Crippen LogP contribution is -2.39. The van der Waals surface area contributed by atoms with Crippen LogP contribution in [-0.4, -0.2) is 30.9 Å². The Bertz CT molecular complexity index is 523. The molecule has 22 heavy (non-hydrogen) atoms. The molecule has 1 N–H and O–H groups in total. The Morgan fingerprint density at radius 1 is 1.32 bits per heavy atom. The summed E-state index contributed by atoms with van der Waals surface area (Å²) in [7, 11) is 0. The molecule has 1 heterocycles. The zero-order chi connectivity index (χ0) is 16.1. The molecule has 120 valence electrons. The number of nitrogens with one attached hydrogen (secondary N) is 1. The molecule has 1 aliphatic heterocycles. The van der Waals surface area contributed by atoms with E-state index in [0.29, 0.717) is 23.1 Å². The van der Waals surface area contributed by atoms with Crippen molar-refractivity contribution in [2.45, 2.75) is 32.7 Å². The van der Waals surface area contributed by atoms with E-state index in [0.717, 1.165) is 13.0 Å². The molecular formula is C17H22ClNO3. The van der Waals surface area contributed by atoms with Gasteiger partial charge in [-0.1, -0.05) is 18.5 Å². The van der Waals surface area contributed by atoms with Crippen LogP contribution in [0.3, 0.4) is 0 Å². The van der Waals surface area contributed by atoms with E-state index in [1.165, 1.54) is 0 Å². The van der Waals surface area contributed by atoms with E-state index in [9.17, 15) is 9.59 Å². The largest absolute Gasteiger partial charge is 0.381 e. The van der Waals surface area contributed by atoms with Gasteiger partial charge in [-0.15, -0.1) is 0 Å². The van der Waals surface area contributed by atoms with Crippen molar-refractivity contribution in [2.24, 2.45) is 11.8 Å². The van der Waals surface area contributed by atoms with E-state index in [2.05, 4.69) is 5.32 Å². The Morgan fingerprint density at radius 2 is 2.00 bits per heavy atom. The van der Waals surface area contributed by atoms with Crippen molar-refractivity contribution < 1.29 is 14.3 Å². The summed E-state index contributed by atoms with van der Waals surface area (Å²) in [5.41, 5.74) is 0.585. The van der Waals surface area contributed by atoms with Gasteiger partial charge in [-0.25, -0.2) is 0 Å². The van der Waals surface area contributed by atoms with Gasteiger partial charge in [-0.2, -0.15) is 0 Å². The number of ether oxygens (including phenoxy) is 1. The number of amides is 1. The van der Waals surface area contributed by atoms with E-state index >= 15 is 0 Å². The molecule has 4 nitrogen and oxygen atoms in total. The summed E-state index contributed by atoms with van der Waals surface area (Å²) >= 11 is 5.81. The highest BCUT2D eigenvalue weighted by Crippen LogP contribution is 2.18. The molecule has 1 amide bonds. The summed E-state index contributed by atoms with van der Waals surface area (Å²) in [6.07, 6.45) is 1.17. The zero-order valence-corrected chi connectivity index (χ0v) is 13.7. The average Bonchev–Trinajstić information content (AvgIpc) is 3.01. The van der Waals surface area contributed by atoms with Crippen LogP contribution in [-0.2, 0) is 9.53 Å². The molecule has 1 fully saturated rings. The fourth-order valence-electron chi connectivity index (χ4n) is 2.65. The molecule has 1 saturated heterocycles. The predicted octanol–water partition coefficient (Wildman–Crippen LogP) is 3.09. The van der Waals surface area contributed by atoms with Crippen LogP contribution in [0.15, 0.2) is 24.3 Å². The van der Waals surface area contributed by atoms with Gasteiger partial charge in [0.2, 0.25) is 5.91 Å². The number of carbonyl (C=O) groups excluding carboxylic acids is 2. The van der Waals surface area contributed by atoms with E-state index in [4.69, 9.17) is 16.3 Å². The summed E-state index contributed by atoms with van der Waals surface area (Å²) in [6.45, 7) is 5.22. The molecule has 0 unspecified atom stereocenters. The van der Waals surface area contributed by atoms with Crippen LogP contribution >= 0.6 is 11.6 Å². The maximum Gasteiger partial charge on any atom is 0.220 e. The lowest BCUT2D eigenvalue weighted by Gasteiger charge is -2.20. The Hall–Kier alpha value is -1.39. The number of benzene rings is 1. The third-order valence-electron chi connectivity index (χ3n) is 4.13. The Labute approximate surface area is 136 Å². The monoisotopic (exact) mass is 323 g/mol. The summed E-state index contributed by atoms with van der Waals surface area (Å²) in [5, 5.41) is 3.57. The Balaban J connectivity index is 1.84. The van der Waals surface area contributed by atoms with Crippen molar-refractivity contribution >= 4 is 23.3 Å². The molecule has 5 heteroatoms. The maximum absolute atomic E-state index is 12.3. The summed E-state index contributed by atoms with van der Waals surface area (Å²) in [6, 6.07) is 6.83. The fraction of sp³-hybridized carbons (Fsp3) is 0.529. The van der Waals surface area contributed by atoms with Crippen LogP contribution in [0, 0.1) is 11.8 Å². The summed E-state index contributed by atoms with van der Waals surface area (Å²) in [5.74, 6) is -0.114. The van der Waals surface area contributed by atoms with Gasteiger partial charge < -0.3 is 10.1 Å². The lowest BCUT2D eigenvalue weighted by atomic mass is 9.95. The molecule has 0 radical (unpaired) electrons. The van der Waals surface area contributed by atoms with Crippen LogP contribution < -0.4 is 5.32 Å². The summed E-state index contributed by atoms with van der Waals surface area (Å²) in [4.78, 5) is 24.4. The van der Waals surface area contributed by atoms with E-state index < -0.39 is 0 Å². The van der Waals surface area contributed by atoms with Crippen molar-refractivity contribution in [3.05, 3.63) is 34.9 Å². The molecule has 1 aromatic carbocycles. The van der Waals surface area contributed by atoms with Gasteiger partial charge in [-0.3, -0.25) is 9.59 Å². The number of hydrogen-bond donors (Lipinski definition) is 1. The first-order valence-electron chi connectivity index (χ1n) is 7.64. The van der Waals surface area contributed by atoms with E-state index in [-0.39, 0.29) is 30.1 Å². The van der Waals surface area contributed by atoms with Gasteiger partial charge in [0.05, 0.1) is 6.61 Å². The molecule has 1 aliphatic rings. The van der Waals surface area contributed by atoms with Crippen molar-refractivity contribution in [3.63, 3.8) is 0 Å². The van der Waals surface area contributed by atoms with Crippen molar-refractivity contribution in [1.29, 1.82) is 0 Å². The molecule has 0 saturated carbocycles. The summed E-state index contributed by atoms with van der Waals surface area (Å²) < 4.78 is 5.33. The first kappa shape index (κ1) is 17.0. The van der Waals surface area contributed by atoms with Crippen LogP contribution in [0.4, 0.5) is 0 Å². The van der Waals surface area contributed by atoms with E-state index in [1.807, 2.05) is 6.92 Å². The fourth-order valence-corrected chi connectivity index (χ4v) is 2.77. The third kappa shape index (κ3) is 4.55. The van der Waals surface area contributed by atoms with Crippen molar-refractivity contribution in [1.82, 2.24) is 5.32 Å². The number of halogens is 1. The topological polar surface area (TPSA) is 55.4 Å². The van der Waals surface area contributed by atoms with Gasteiger partial charge in [0.1, 0.15) is 0 Å². The first-order chi connectivity index (χ1) is 10.5. The predicted molar refractivity (Wildman–Crippen MR) is 86.1 cm³/mol. The van der Waals surface area contributed by atoms with Gasteiger partial charge in [0, 0.05) is 41.5 Å². The minimum Gasteiger partial charge on any atom is -0.381 e. The second-order valence-corrected chi connectivity index (χ2v) is 6.39. The molecular weight excluding hydrogens is 302 g/mol. The van der Waals surface area contributed by atoms with Crippen LogP contribution in [0.2, 0.25) is 5.02 Å². The van der Waals surface area contributed by atoms with Crippen LogP contribution in [0.25, 0.3) is 0 Å². The quantitative estimate of drug-likeness (QED) is 0.818. The highest BCUT2D eigenvalue weighted by atomic mass is 35.5. The minimum absolute atomic E-state index is 0.0383. The van der Waals surface area contributed by atoms with Gasteiger partial charge in [0.15, 0.2) is 5.78 Å². The van der Waals surface area contributed by atoms with Gasteiger partial charge in [0.25, 0.3) is 0 Å². The third-order valence-corrected chi connectivity index (χ3v) is 4.38.